The Morgan fingerprint density at radius 2 is 1.88 bits per heavy atom. The molecule has 6 nitrogen and oxygen atoms in total. The molecule has 1 N–H and O–H groups in total. The number of carbonyl (C=O) groups excluding carboxylic acids is 1. The van der Waals surface area contributed by atoms with Gasteiger partial charge in [0.25, 0.3) is 5.91 Å². The number of fused-ring (bicyclic) bond motifs is 1. The second-order valence-electron chi connectivity index (χ2n) is 6.27. The highest BCUT2D eigenvalue weighted by Gasteiger charge is 2.15. The Balaban J connectivity index is 1.40. The van der Waals surface area contributed by atoms with Crippen LogP contribution < -0.4 is 15.0 Å². The summed E-state index contributed by atoms with van der Waals surface area (Å²) in [7, 11) is 0. The van der Waals surface area contributed by atoms with E-state index in [4.69, 9.17) is 4.74 Å². The van der Waals surface area contributed by atoms with Gasteiger partial charge in [0.1, 0.15) is 23.7 Å². The zero-order valence-corrected chi connectivity index (χ0v) is 14.4. The van der Waals surface area contributed by atoms with Crippen molar-refractivity contribution in [2.45, 2.75) is 12.8 Å². The fraction of sp³-hybridized carbons (Fsp3) is 0.250. The standard InChI is InChI=1S/C20H20N4O2/c25-20(13-26-17-9-5-7-15-6-1-2-8-16(15)17)23-18-12-19(22-14-21-18)24-10-3-4-11-24/h1-2,5-9,12,14H,3-4,10-11,13H2,(H,21,22,23,25). The lowest BCUT2D eigenvalue weighted by atomic mass is 10.1. The first kappa shape index (κ1) is 16.3. The van der Waals surface area contributed by atoms with E-state index < -0.39 is 0 Å². The highest BCUT2D eigenvalue weighted by molar-refractivity contribution is 5.92. The van der Waals surface area contributed by atoms with Crippen LogP contribution in [0.25, 0.3) is 10.8 Å². The van der Waals surface area contributed by atoms with Crippen LogP contribution in [0.4, 0.5) is 11.6 Å². The summed E-state index contributed by atoms with van der Waals surface area (Å²) in [6.07, 6.45) is 3.82. The summed E-state index contributed by atoms with van der Waals surface area (Å²) in [6.45, 7) is 1.92. The monoisotopic (exact) mass is 348 g/mol. The van der Waals surface area contributed by atoms with Crippen LogP contribution in [0.3, 0.4) is 0 Å². The summed E-state index contributed by atoms with van der Waals surface area (Å²) < 4.78 is 5.72. The molecule has 0 atom stereocenters. The molecular weight excluding hydrogens is 328 g/mol. The third-order valence-corrected chi connectivity index (χ3v) is 4.46. The molecule has 0 spiro atoms. The summed E-state index contributed by atoms with van der Waals surface area (Å²) in [6, 6.07) is 15.5. The van der Waals surface area contributed by atoms with Gasteiger partial charge in [0, 0.05) is 24.5 Å². The third kappa shape index (κ3) is 3.59. The number of ether oxygens (including phenoxy) is 1. The number of nitrogens with one attached hydrogen (secondary N) is 1. The predicted octanol–water partition coefficient (Wildman–Crippen LogP) is 3.25. The van der Waals surface area contributed by atoms with Gasteiger partial charge in [0.05, 0.1) is 0 Å². The molecule has 0 bridgehead atoms. The molecule has 1 amide bonds. The van der Waals surface area contributed by atoms with E-state index in [2.05, 4.69) is 20.2 Å². The fourth-order valence-corrected chi connectivity index (χ4v) is 3.18. The zero-order chi connectivity index (χ0) is 17.8. The zero-order valence-electron chi connectivity index (χ0n) is 14.4. The lowest BCUT2D eigenvalue weighted by Gasteiger charge is -2.16. The van der Waals surface area contributed by atoms with E-state index in [0.717, 1.165) is 29.7 Å². The molecule has 0 radical (unpaired) electrons. The minimum absolute atomic E-state index is 0.0724. The molecule has 2 aromatic carbocycles. The second kappa shape index (κ2) is 7.39. The van der Waals surface area contributed by atoms with Crippen LogP contribution in [0.5, 0.6) is 5.75 Å². The normalized spacial score (nSPS) is 13.8. The first-order valence-corrected chi connectivity index (χ1v) is 8.77. The largest absolute Gasteiger partial charge is 0.483 e. The summed E-state index contributed by atoms with van der Waals surface area (Å²) in [5, 5.41) is 4.85. The van der Waals surface area contributed by atoms with Gasteiger partial charge < -0.3 is 15.0 Å². The number of hydrogen-bond donors (Lipinski definition) is 1. The predicted molar refractivity (Wildman–Crippen MR) is 102 cm³/mol. The SMILES string of the molecule is O=C(COc1cccc2ccccc12)Nc1cc(N2CCCC2)ncn1. The maximum Gasteiger partial charge on any atom is 0.263 e. The smallest absolute Gasteiger partial charge is 0.263 e. The van der Waals surface area contributed by atoms with E-state index in [0.29, 0.717) is 11.6 Å². The number of rotatable bonds is 5. The summed E-state index contributed by atoms with van der Waals surface area (Å²) in [4.78, 5) is 22.9. The number of nitrogens with zero attached hydrogens (tertiary/aromatic N) is 3. The molecule has 26 heavy (non-hydrogen) atoms. The van der Waals surface area contributed by atoms with Crippen LogP contribution in [-0.4, -0.2) is 35.6 Å². The summed E-state index contributed by atoms with van der Waals surface area (Å²) >= 11 is 0. The average molecular weight is 348 g/mol. The third-order valence-electron chi connectivity index (χ3n) is 4.46. The van der Waals surface area contributed by atoms with Crippen LogP contribution in [0.1, 0.15) is 12.8 Å². The van der Waals surface area contributed by atoms with E-state index >= 15 is 0 Å². The van der Waals surface area contributed by atoms with Gasteiger partial charge in [-0.25, -0.2) is 9.97 Å². The number of anilines is 2. The topological polar surface area (TPSA) is 67.3 Å². The van der Waals surface area contributed by atoms with Gasteiger partial charge in [-0.15, -0.1) is 0 Å². The Bertz CT molecular complexity index is 917. The van der Waals surface area contributed by atoms with Crippen LogP contribution in [-0.2, 0) is 4.79 Å². The van der Waals surface area contributed by atoms with Crippen molar-refractivity contribution in [3.8, 4) is 5.75 Å². The highest BCUT2D eigenvalue weighted by atomic mass is 16.5. The first-order chi connectivity index (χ1) is 12.8. The molecule has 0 saturated carbocycles. The van der Waals surface area contributed by atoms with Gasteiger partial charge >= 0.3 is 0 Å². The van der Waals surface area contributed by atoms with Crippen molar-refractivity contribution in [2.24, 2.45) is 0 Å². The summed E-state index contributed by atoms with van der Waals surface area (Å²) in [5.41, 5.74) is 0. The fourth-order valence-electron chi connectivity index (χ4n) is 3.18. The van der Waals surface area contributed by atoms with Gasteiger partial charge in [-0.05, 0) is 24.3 Å². The molecule has 1 saturated heterocycles. The van der Waals surface area contributed by atoms with Crippen molar-refractivity contribution in [2.75, 3.05) is 29.9 Å². The molecule has 132 valence electrons. The van der Waals surface area contributed by atoms with Crippen molar-refractivity contribution in [1.82, 2.24) is 9.97 Å². The highest BCUT2D eigenvalue weighted by Crippen LogP contribution is 2.25. The van der Waals surface area contributed by atoms with E-state index in [9.17, 15) is 4.79 Å². The van der Waals surface area contributed by atoms with Crippen LogP contribution in [0.15, 0.2) is 54.9 Å². The maximum atomic E-state index is 12.2. The molecule has 2 heterocycles. The molecule has 1 aliphatic heterocycles. The molecular formula is C20H20N4O2. The second-order valence-corrected chi connectivity index (χ2v) is 6.27. The van der Waals surface area contributed by atoms with E-state index in [1.807, 2.05) is 42.5 Å². The van der Waals surface area contributed by atoms with E-state index in [-0.39, 0.29) is 12.5 Å². The molecule has 6 heteroatoms. The molecule has 0 unspecified atom stereocenters. The number of aromatic nitrogens is 2. The number of hydrogen-bond acceptors (Lipinski definition) is 5. The minimum Gasteiger partial charge on any atom is -0.483 e. The molecule has 3 aromatic rings. The van der Waals surface area contributed by atoms with E-state index in [1.165, 1.54) is 19.2 Å². The maximum absolute atomic E-state index is 12.2. The van der Waals surface area contributed by atoms with Crippen LogP contribution in [0.2, 0.25) is 0 Å². The average Bonchev–Trinajstić information content (AvgIpc) is 3.21. The molecule has 1 aliphatic rings. The van der Waals surface area contributed by atoms with Crippen molar-refractivity contribution >= 4 is 28.3 Å². The van der Waals surface area contributed by atoms with Gasteiger partial charge in [0.15, 0.2) is 6.61 Å². The Hall–Kier alpha value is -3.15. The number of amides is 1. The molecule has 1 fully saturated rings. The Morgan fingerprint density at radius 1 is 1.08 bits per heavy atom. The minimum atomic E-state index is -0.246. The lowest BCUT2D eigenvalue weighted by Crippen LogP contribution is -2.22. The lowest BCUT2D eigenvalue weighted by molar-refractivity contribution is -0.118. The Morgan fingerprint density at radius 3 is 2.77 bits per heavy atom. The molecule has 1 aromatic heterocycles. The summed E-state index contributed by atoms with van der Waals surface area (Å²) in [5.74, 6) is 1.79. The first-order valence-electron chi connectivity index (χ1n) is 8.77. The van der Waals surface area contributed by atoms with Crippen molar-refractivity contribution in [3.63, 3.8) is 0 Å². The van der Waals surface area contributed by atoms with Gasteiger partial charge in [0.2, 0.25) is 0 Å². The van der Waals surface area contributed by atoms with Crippen molar-refractivity contribution in [1.29, 1.82) is 0 Å². The van der Waals surface area contributed by atoms with Gasteiger partial charge in [-0.1, -0.05) is 36.4 Å². The number of benzene rings is 2. The van der Waals surface area contributed by atoms with Crippen molar-refractivity contribution in [3.05, 3.63) is 54.9 Å². The Kier molecular flexibility index (Phi) is 4.64. The van der Waals surface area contributed by atoms with Crippen LogP contribution >= 0.6 is 0 Å². The molecule has 0 aliphatic carbocycles. The van der Waals surface area contributed by atoms with Gasteiger partial charge in [-0.3, -0.25) is 4.79 Å². The quantitative estimate of drug-likeness (QED) is 0.767. The molecule has 4 rings (SSSR count). The van der Waals surface area contributed by atoms with Crippen LogP contribution in [0, 0.1) is 0 Å². The number of carbonyl (C=O) groups is 1. The van der Waals surface area contributed by atoms with Crippen molar-refractivity contribution < 1.29 is 9.53 Å². The van der Waals surface area contributed by atoms with Gasteiger partial charge in [-0.2, -0.15) is 0 Å². The Labute approximate surface area is 151 Å². The van der Waals surface area contributed by atoms with E-state index in [1.54, 1.807) is 6.07 Å².